The molecule has 0 radical (unpaired) electrons. The van der Waals surface area contributed by atoms with E-state index in [2.05, 4.69) is 80.4 Å². The van der Waals surface area contributed by atoms with Gasteiger partial charge in [0.25, 0.3) is 0 Å². The molecule has 0 aliphatic carbocycles. The van der Waals surface area contributed by atoms with Crippen molar-refractivity contribution in [1.82, 2.24) is 15.1 Å². The first-order valence-electron chi connectivity index (χ1n) is 7.71. The normalized spacial score (nSPS) is 14.8. The maximum absolute atomic E-state index is 3.49. The van der Waals surface area contributed by atoms with E-state index in [1.807, 2.05) is 0 Å². The van der Waals surface area contributed by atoms with Gasteiger partial charge in [-0.2, -0.15) is 0 Å². The lowest BCUT2D eigenvalue weighted by molar-refractivity contribution is 0.158. The molecule has 0 aliphatic heterocycles. The molecule has 1 rings (SSSR count). The van der Waals surface area contributed by atoms with Crippen LogP contribution in [-0.2, 0) is 0 Å². The van der Waals surface area contributed by atoms with Crippen LogP contribution in [0.5, 0.6) is 0 Å². The van der Waals surface area contributed by atoms with Gasteiger partial charge in [0.05, 0.1) is 0 Å². The van der Waals surface area contributed by atoms with Crippen LogP contribution in [0.4, 0.5) is 0 Å². The molecule has 1 aromatic carbocycles. The van der Waals surface area contributed by atoms with E-state index in [-0.39, 0.29) is 0 Å². The highest BCUT2D eigenvalue weighted by atomic mass is 15.2. The van der Waals surface area contributed by atoms with Gasteiger partial charge in [-0.3, -0.25) is 4.90 Å². The minimum atomic E-state index is 0.380. The Morgan fingerprint density at radius 2 is 1.70 bits per heavy atom. The molecule has 2 atom stereocenters. The van der Waals surface area contributed by atoms with Crippen LogP contribution in [0.15, 0.2) is 30.3 Å². The van der Waals surface area contributed by atoms with Crippen molar-refractivity contribution in [3.05, 3.63) is 35.9 Å². The lowest BCUT2D eigenvalue weighted by atomic mass is 9.99. The standard InChI is InChI=1S/C17H31N3/c1-6-12-20(14-13-19(4)5)15(2)17(18-3)16-10-8-7-9-11-16/h7-11,15,17-18H,6,12-14H2,1-5H3. The van der Waals surface area contributed by atoms with Crippen molar-refractivity contribution in [2.45, 2.75) is 32.4 Å². The number of likely N-dealkylation sites (N-methyl/N-ethyl adjacent to an activating group) is 2. The number of hydrogen-bond donors (Lipinski definition) is 1. The highest BCUT2D eigenvalue weighted by Crippen LogP contribution is 2.20. The SMILES string of the molecule is CCCN(CCN(C)C)C(C)C(NC)c1ccccc1. The van der Waals surface area contributed by atoms with Gasteiger partial charge in [-0.15, -0.1) is 0 Å². The Balaban J connectivity index is 2.77. The summed E-state index contributed by atoms with van der Waals surface area (Å²) in [5, 5.41) is 3.49. The number of benzene rings is 1. The average molecular weight is 277 g/mol. The van der Waals surface area contributed by atoms with Gasteiger partial charge in [-0.05, 0) is 46.6 Å². The number of nitrogens with one attached hydrogen (secondary N) is 1. The van der Waals surface area contributed by atoms with Crippen molar-refractivity contribution >= 4 is 0 Å². The molecule has 114 valence electrons. The summed E-state index contributed by atoms with van der Waals surface area (Å²) < 4.78 is 0. The van der Waals surface area contributed by atoms with E-state index in [0.29, 0.717) is 12.1 Å². The van der Waals surface area contributed by atoms with Crippen LogP contribution in [0.3, 0.4) is 0 Å². The average Bonchev–Trinajstić information content (AvgIpc) is 2.45. The monoisotopic (exact) mass is 277 g/mol. The molecule has 1 aromatic rings. The maximum atomic E-state index is 3.49. The largest absolute Gasteiger partial charge is 0.312 e. The number of nitrogens with zero attached hydrogens (tertiary/aromatic N) is 2. The van der Waals surface area contributed by atoms with Crippen LogP contribution in [-0.4, -0.2) is 56.6 Å². The lowest BCUT2D eigenvalue weighted by Crippen LogP contribution is -2.45. The summed E-state index contributed by atoms with van der Waals surface area (Å²) in [6, 6.07) is 11.6. The van der Waals surface area contributed by atoms with Crippen molar-refractivity contribution < 1.29 is 0 Å². The van der Waals surface area contributed by atoms with Gasteiger partial charge in [-0.25, -0.2) is 0 Å². The Morgan fingerprint density at radius 1 is 1.05 bits per heavy atom. The molecule has 1 N–H and O–H groups in total. The highest BCUT2D eigenvalue weighted by Gasteiger charge is 2.23. The molecule has 0 saturated heterocycles. The molecule has 0 saturated carbocycles. The van der Waals surface area contributed by atoms with Gasteiger partial charge in [0.2, 0.25) is 0 Å². The maximum Gasteiger partial charge on any atom is 0.0473 e. The molecule has 0 bridgehead atoms. The number of hydrogen-bond acceptors (Lipinski definition) is 3. The first-order valence-corrected chi connectivity index (χ1v) is 7.71. The van der Waals surface area contributed by atoms with Crippen LogP contribution < -0.4 is 5.32 Å². The molecule has 0 spiro atoms. The zero-order chi connectivity index (χ0) is 15.0. The third-order valence-electron chi connectivity index (χ3n) is 3.87. The summed E-state index contributed by atoms with van der Waals surface area (Å²) in [7, 11) is 6.34. The van der Waals surface area contributed by atoms with Crippen molar-refractivity contribution in [2.75, 3.05) is 40.8 Å². The summed E-state index contributed by atoms with van der Waals surface area (Å²) in [5.74, 6) is 0. The molecule has 0 heterocycles. The second-order valence-corrected chi connectivity index (χ2v) is 5.76. The summed E-state index contributed by atoms with van der Waals surface area (Å²) >= 11 is 0. The van der Waals surface area contributed by atoms with Gasteiger partial charge in [-0.1, -0.05) is 37.3 Å². The Bertz CT molecular complexity index is 351. The van der Waals surface area contributed by atoms with Crippen molar-refractivity contribution in [1.29, 1.82) is 0 Å². The van der Waals surface area contributed by atoms with Crippen LogP contribution in [0.1, 0.15) is 31.9 Å². The summed E-state index contributed by atoms with van der Waals surface area (Å²) in [6.07, 6.45) is 1.20. The molecule has 0 fully saturated rings. The van der Waals surface area contributed by atoms with E-state index < -0.39 is 0 Å². The zero-order valence-corrected chi connectivity index (χ0v) is 13.8. The Kier molecular flexibility index (Phi) is 7.82. The smallest absolute Gasteiger partial charge is 0.0473 e. The minimum Gasteiger partial charge on any atom is -0.312 e. The predicted octanol–water partition coefficient (Wildman–Crippen LogP) is 2.61. The van der Waals surface area contributed by atoms with E-state index in [1.165, 1.54) is 12.0 Å². The Hall–Kier alpha value is -0.900. The third-order valence-corrected chi connectivity index (χ3v) is 3.87. The van der Waals surface area contributed by atoms with E-state index >= 15 is 0 Å². The van der Waals surface area contributed by atoms with Gasteiger partial charge in [0.15, 0.2) is 0 Å². The van der Waals surface area contributed by atoms with E-state index in [4.69, 9.17) is 0 Å². The zero-order valence-electron chi connectivity index (χ0n) is 13.8. The fourth-order valence-corrected chi connectivity index (χ4v) is 2.69. The predicted molar refractivity (Wildman–Crippen MR) is 88.1 cm³/mol. The Morgan fingerprint density at radius 3 is 2.20 bits per heavy atom. The topological polar surface area (TPSA) is 18.5 Å². The molecule has 3 heteroatoms. The van der Waals surface area contributed by atoms with Crippen LogP contribution in [0, 0.1) is 0 Å². The molecule has 0 amide bonds. The second-order valence-electron chi connectivity index (χ2n) is 5.76. The van der Waals surface area contributed by atoms with Gasteiger partial charge >= 0.3 is 0 Å². The van der Waals surface area contributed by atoms with Crippen molar-refractivity contribution in [3.8, 4) is 0 Å². The molecule has 3 nitrogen and oxygen atoms in total. The molecule has 0 aromatic heterocycles. The van der Waals surface area contributed by atoms with Crippen LogP contribution in [0.25, 0.3) is 0 Å². The quantitative estimate of drug-likeness (QED) is 0.748. The van der Waals surface area contributed by atoms with Gasteiger partial charge in [0.1, 0.15) is 0 Å². The van der Waals surface area contributed by atoms with Crippen molar-refractivity contribution in [2.24, 2.45) is 0 Å². The van der Waals surface area contributed by atoms with Crippen molar-refractivity contribution in [3.63, 3.8) is 0 Å². The first-order chi connectivity index (χ1) is 9.60. The van der Waals surface area contributed by atoms with E-state index in [1.54, 1.807) is 0 Å². The van der Waals surface area contributed by atoms with Gasteiger partial charge in [0, 0.05) is 25.2 Å². The fraction of sp³-hybridized carbons (Fsp3) is 0.647. The molecular weight excluding hydrogens is 246 g/mol. The van der Waals surface area contributed by atoms with Crippen LogP contribution in [0.2, 0.25) is 0 Å². The molecule has 0 aliphatic rings. The molecular formula is C17H31N3. The van der Waals surface area contributed by atoms with Gasteiger partial charge < -0.3 is 10.2 Å². The highest BCUT2D eigenvalue weighted by molar-refractivity contribution is 5.20. The third kappa shape index (κ3) is 5.23. The summed E-state index contributed by atoms with van der Waals surface area (Å²) in [4.78, 5) is 4.85. The lowest BCUT2D eigenvalue weighted by Gasteiger charge is -2.35. The first kappa shape index (κ1) is 17.2. The molecule has 2 unspecified atom stereocenters. The summed E-state index contributed by atoms with van der Waals surface area (Å²) in [5.41, 5.74) is 1.37. The Labute approximate surface area is 125 Å². The molecule has 20 heavy (non-hydrogen) atoms. The van der Waals surface area contributed by atoms with E-state index in [0.717, 1.165) is 19.6 Å². The number of rotatable bonds is 9. The second kappa shape index (κ2) is 9.11. The van der Waals surface area contributed by atoms with E-state index in [9.17, 15) is 0 Å². The van der Waals surface area contributed by atoms with Crippen LogP contribution >= 0.6 is 0 Å². The fourth-order valence-electron chi connectivity index (χ4n) is 2.69. The minimum absolute atomic E-state index is 0.380. The summed E-state index contributed by atoms with van der Waals surface area (Å²) in [6.45, 7) is 7.97.